The van der Waals surface area contributed by atoms with E-state index in [9.17, 15) is 8.78 Å². The molecule has 7 heteroatoms. The molecule has 0 atom stereocenters. The largest absolute Gasteiger partial charge is 0.318 e. The Hall–Kier alpha value is -1.20. The highest BCUT2D eigenvalue weighted by atomic mass is 35.5. The Kier molecular flexibility index (Phi) is 2.82. The van der Waals surface area contributed by atoms with Crippen molar-refractivity contribution in [3.8, 4) is 0 Å². The Morgan fingerprint density at radius 2 is 1.94 bits per heavy atom. The maximum Gasteiger partial charge on any atom is 0.318 e. The summed E-state index contributed by atoms with van der Waals surface area (Å²) in [5.41, 5.74) is -0.748. The summed E-state index contributed by atoms with van der Waals surface area (Å²) in [6.45, 7) is 0. The van der Waals surface area contributed by atoms with Crippen molar-refractivity contribution in [2.24, 2.45) is 0 Å². The third-order valence-corrected chi connectivity index (χ3v) is 2.76. The highest BCUT2D eigenvalue weighted by Crippen LogP contribution is 2.36. The van der Waals surface area contributed by atoms with Gasteiger partial charge in [-0.25, -0.2) is 0 Å². The van der Waals surface area contributed by atoms with E-state index in [-0.39, 0.29) is 15.6 Å². The van der Waals surface area contributed by atoms with Crippen molar-refractivity contribution in [2.75, 3.05) is 0 Å². The molecule has 0 radical (unpaired) electrons. The van der Waals surface area contributed by atoms with Gasteiger partial charge in [0.25, 0.3) is 0 Å². The summed E-state index contributed by atoms with van der Waals surface area (Å²) in [5.74, 6) is -3.25. The highest BCUT2D eigenvalue weighted by Gasteiger charge is 2.37. The Morgan fingerprint density at radius 1 is 1.19 bits per heavy atom. The number of H-pyrrole nitrogens is 1. The molecule has 0 aliphatic carbocycles. The zero-order valence-corrected chi connectivity index (χ0v) is 9.23. The number of rotatable bonds is 2. The van der Waals surface area contributed by atoms with Crippen LogP contribution in [0.4, 0.5) is 8.78 Å². The zero-order chi connectivity index (χ0) is 11.8. The quantitative estimate of drug-likeness (QED) is 0.904. The predicted molar refractivity (Wildman–Crippen MR) is 55.8 cm³/mol. The van der Waals surface area contributed by atoms with Gasteiger partial charge >= 0.3 is 5.92 Å². The van der Waals surface area contributed by atoms with Crippen LogP contribution in [0.15, 0.2) is 24.4 Å². The van der Waals surface area contributed by atoms with Crippen LogP contribution in [0.5, 0.6) is 0 Å². The molecular formula is C9H5Cl2F2N3. The first-order valence-corrected chi connectivity index (χ1v) is 4.97. The lowest BCUT2D eigenvalue weighted by molar-refractivity contribution is 0.0379. The molecule has 16 heavy (non-hydrogen) atoms. The van der Waals surface area contributed by atoms with Crippen molar-refractivity contribution in [1.82, 2.24) is 15.4 Å². The number of alkyl halides is 2. The van der Waals surface area contributed by atoms with Gasteiger partial charge in [0.05, 0.1) is 16.2 Å². The fourth-order valence-electron chi connectivity index (χ4n) is 1.19. The Labute approximate surface area is 99.4 Å². The molecule has 0 bridgehead atoms. The number of nitrogens with one attached hydrogen (secondary N) is 1. The lowest BCUT2D eigenvalue weighted by Crippen LogP contribution is -2.15. The van der Waals surface area contributed by atoms with Gasteiger partial charge in [-0.05, 0) is 12.1 Å². The number of aromatic nitrogens is 3. The third-order valence-electron chi connectivity index (χ3n) is 2.02. The smallest absolute Gasteiger partial charge is 0.265 e. The summed E-state index contributed by atoms with van der Waals surface area (Å²) in [6.07, 6.45) is 1.03. The van der Waals surface area contributed by atoms with Crippen LogP contribution in [0.3, 0.4) is 0 Å². The van der Waals surface area contributed by atoms with E-state index < -0.39 is 11.6 Å². The van der Waals surface area contributed by atoms with Crippen molar-refractivity contribution in [3.05, 3.63) is 45.7 Å². The molecule has 3 nitrogen and oxygen atoms in total. The SMILES string of the molecule is FC(F)(c1ccc(Cl)c(Cl)c1)c1c[nH]nn1. The zero-order valence-electron chi connectivity index (χ0n) is 7.72. The minimum atomic E-state index is -3.25. The van der Waals surface area contributed by atoms with Crippen molar-refractivity contribution in [2.45, 2.75) is 5.92 Å². The molecule has 2 aromatic rings. The van der Waals surface area contributed by atoms with Crippen LogP contribution in [-0.2, 0) is 5.92 Å². The molecule has 1 aromatic carbocycles. The minimum Gasteiger partial charge on any atom is -0.265 e. The van der Waals surface area contributed by atoms with Gasteiger partial charge in [-0.1, -0.05) is 34.5 Å². The van der Waals surface area contributed by atoms with Crippen LogP contribution in [0.2, 0.25) is 10.0 Å². The number of halogens is 4. The van der Waals surface area contributed by atoms with Gasteiger partial charge in [0, 0.05) is 5.56 Å². The first-order chi connectivity index (χ1) is 7.51. The van der Waals surface area contributed by atoms with E-state index in [0.717, 1.165) is 12.3 Å². The van der Waals surface area contributed by atoms with Crippen LogP contribution < -0.4 is 0 Å². The predicted octanol–water partition coefficient (Wildman–Crippen LogP) is 3.25. The molecule has 0 aliphatic rings. The fraction of sp³-hybridized carbons (Fsp3) is 0.111. The molecule has 0 fully saturated rings. The Morgan fingerprint density at radius 3 is 2.50 bits per heavy atom. The summed E-state index contributed by atoms with van der Waals surface area (Å²) in [4.78, 5) is 0. The summed E-state index contributed by atoms with van der Waals surface area (Å²) < 4.78 is 27.6. The molecule has 2 rings (SSSR count). The molecular weight excluding hydrogens is 259 g/mol. The molecule has 1 heterocycles. The Bertz CT molecular complexity index is 499. The second-order valence-corrected chi connectivity index (χ2v) is 3.88. The van der Waals surface area contributed by atoms with Crippen LogP contribution in [0, 0.1) is 0 Å². The van der Waals surface area contributed by atoms with Gasteiger partial charge in [-0.3, -0.25) is 5.10 Å². The summed E-state index contributed by atoms with van der Waals surface area (Å²) in [5, 5.41) is 9.05. The molecule has 0 unspecified atom stereocenters. The molecule has 1 aromatic heterocycles. The number of aromatic amines is 1. The lowest BCUT2D eigenvalue weighted by Gasteiger charge is -2.13. The molecule has 0 amide bonds. The maximum atomic E-state index is 13.8. The third kappa shape index (κ3) is 1.88. The van der Waals surface area contributed by atoms with E-state index in [0.29, 0.717) is 0 Å². The van der Waals surface area contributed by atoms with Gasteiger partial charge in [0.15, 0.2) is 5.69 Å². The first-order valence-electron chi connectivity index (χ1n) is 4.22. The van der Waals surface area contributed by atoms with Gasteiger partial charge in [0.1, 0.15) is 0 Å². The van der Waals surface area contributed by atoms with Crippen molar-refractivity contribution in [3.63, 3.8) is 0 Å². The van der Waals surface area contributed by atoms with Crippen LogP contribution >= 0.6 is 23.2 Å². The molecule has 84 valence electrons. The number of hydrogen-bond donors (Lipinski definition) is 1. The van der Waals surface area contributed by atoms with E-state index in [1.54, 1.807) is 0 Å². The Balaban J connectivity index is 2.47. The summed E-state index contributed by atoms with van der Waals surface area (Å²) in [6, 6.07) is 3.62. The van der Waals surface area contributed by atoms with Crippen LogP contribution in [0.25, 0.3) is 0 Å². The maximum absolute atomic E-state index is 13.8. The van der Waals surface area contributed by atoms with Crippen molar-refractivity contribution in [1.29, 1.82) is 0 Å². The fourth-order valence-corrected chi connectivity index (χ4v) is 1.49. The molecule has 0 saturated carbocycles. The summed E-state index contributed by atoms with van der Waals surface area (Å²) in [7, 11) is 0. The molecule has 0 aliphatic heterocycles. The van der Waals surface area contributed by atoms with E-state index in [1.165, 1.54) is 12.1 Å². The van der Waals surface area contributed by atoms with E-state index >= 15 is 0 Å². The number of hydrogen-bond acceptors (Lipinski definition) is 2. The van der Waals surface area contributed by atoms with E-state index in [1.807, 2.05) is 0 Å². The number of nitrogens with zero attached hydrogens (tertiary/aromatic N) is 2. The topological polar surface area (TPSA) is 41.6 Å². The standard InChI is InChI=1S/C9H5Cl2F2N3/c10-6-2-1-5(3-7(6)11)9(12,13)8-4-14-16-15-8/h1-4H,(H,14,15,16). The molecule has 1 N–H and O–H groups in total. The van der Waals surface area contributed by atoms with Crippen LogP contribution in [0.1, 0.15) is 11.3 Å². The number of benzene rings is 1. The average molecular weight is 264 g/mol. The van der Waals surface area contributed by atoms with E-state index in [2.05, 4.69) is 15.4 Å². The van der Waals surface area contributed by atoms with E-state index in [4.69, 9.17) is 23.2 Å². The van der Waals surface area contributed by atoms with Crippen molar-refractivity contribution >= 4 is 23.2 Å². The normalized spacial score (nSPS) is 11.8. The van der Waals surface area contributed by atoms with Gasteiger partial charge in [-0.2, -0.15) is 8.78 Å². The summed E-state index contributed by atoms with van der Waals surface area (Å²) >= 11 is 11.3. The second kappa shape index (κ2) is 3.99. The van der Waals surface area contributed by atoms with Gasteiger partial charge < -0.3 is 0 Å². The monoisotopic (exact) mass is 263 g/mol. The highest BCUT2D eigenvalue weighted by molar-refractivity contribution is 6.42. The van der Waals surface area contributed by atoms with Gasteiger partial charge in [0.2, 0.25) is 0 Å². The average Bonchev–Trinajstić information content (AvgIpc) is 2.75. The minimum absolute atomic E-state index is 0.0716. The molecule has 0 saturated heterocycles. The lowest BCUT2D eigenvalue weighted by atomic mass is 10.1. The van der Waals surface area contributed by atoms with Gasteiger partial charge in [-0.15, -0.1) is 5.10 Å². The first kappa shape index (κ1) is 11.3. The second-order valence-electron chi connectivity index (χ2n) is 3.06. The molecule has 0 spiro atoms. The van der Waals surface area contributed by atoms with Crippen LogP contribution in [-0.4, -0.2) is 15.4 Å². The van der Waals surface area contributed by atoms with Crippen molar-refractivity contribution < 1.29 is 8.78 Å².